The second-order valence-electron chi connectivity index (χ2n) is 4.93. The Labute approximate surface area is 129 Å². The summed E-state index contributed by atoms with van der Waals surface area (Å²) in [6.07, 6.45) is 0. The molecule has 1 fully saturated rings. The maximum atomic E-state index is 12.6. The van der Waals surface area contributed by atoms with E-state index in [9.17, 15) is 18.5 Å². The molecule has 0 amide bonds. The van der Waals surface area contributed by atoms with Gasteiger partial charge in [-0.3, -0.25) is 10.1 Å². The number of benzene rings is 1. The number of nitrogens with zero attached hydrogens (tertiary/aromatic N) is 2. The van der Waals surface area contributed by atoms with Gasteiger partial charge in [-0.1, -0.05) is 6.07 Å². The Morgan fingerprint density at radius 2 is 2.10 bits per heavy atom. The zero-order valence-electron chi connectivity index (χ0n) is 11.8. The zero-order valence-corrected chi connectivity index (χ0v) is 13.4. The van der Waals surface area contributed by atoms with Crippen LogP contribution in [0.15, 0.2) is 23.1 Å². The maximum absolute atomic E-state index is 12.6. The third-order valence-corrected chi connectivity index (χ3v) is 5.34. The van der Waals surface area contributed by atoms with Crippen molar-refractivity contribution in [3.05, 3.63) is 33.9 Å². The summed E-state index contributed by atoms with van der Waals surface area (Å²) >= 11 is 0. The predicted octanol–water partition coefficient (Wildman–Crippen LogP) is 1.31. The molecule has 1 atom stereocenters. The second kappa shape index (κ2) is 6.69. The monoisotopic (exact) mass is 335 g/mol. The molecule has 1 heterocycles. The van der Waals surface area contributed by atoms with Crippen LogP contribution in [0, 0.1) is 17.0 Å². The van der Waals surface area contributed by atoms with Crippen LogP contribution < -0.4 is 5.32 Å². The van der Waals surface area contributed by atoms with E-state index in [1.54, 1.807) is 6.92 Å². The molecule has 1 N–H and O–H groups in total. The van der Waals surface area contributed by atoms with E-state index in [0.717, 1.165) is 6.07 Å². The molecule has 118 valence electrons. The molecule has 1 aromatic rings. The van der Waals surface area contributed by atoms with Gasteiger partial charge < -0.3 is 5.32 Å². The number of hydrogen-bond donors (Lipinski definition) is 1. The average molecular weight is 336 g/mol. The van der Waals surface area contributed by atoms with Crippen LogP contribution in [0.3, 0.4) is 0 Å². The van der Waals surface area contributed by atoms with Crippen molar-refractivity contribution in [2.45, 2.75) is 24.8 Å². The number of piperazine rings is 1. The lowest BCUT2D eigenvalue weighted by Crippen LogP contribution is -2.51. The summed E-state index contributed by atoms with van der Waals surface area (Å²) in [5.41, 5.74) is 0.305. The molecule has 0 bridgehead atoms. The van der Waals surface area contributed by atoms with Gasteiger partial charge in [0.1, 0.15) is 0 Å². The smallest absolute Gasteiger partial charge is 0.270 e. The fourth-order valence-electron chi connectivity index (χ4n) is 2.23. The summed E-state index contributed by atoms with van der Waals surface area (Å²) < 4.78 is 26.6. The van der Waals surface area contributed by atoms with E-state index in [-0.39, 0.29) is 29.0 Å². The van der Waals surface area contributed by atoms with E-state index in [1.807, 2.05) is 6.92 Å². The molecule has 0 aliphatic carbocycles. The van der Waals surface area contributed by atoms with Gasteiger partial charge in [-0.15, -0.1) is 12.4 Å². The molecule has 0 saturated carbocycles. The molecule has 1 aromatic carbocycles. The molecule has 0 unspecified atom stereocenters. The van der Waals surface area contributed by atoms with Crippen molar-refractivity contribution in [1.29, 1.82) is 0 Å². The summed E-state index contributed by atoms with van der Waals surface area (Å²) in [7, 11) is -3.69. The third kappa shape index (κ3) is 3.70. The van der Waals surface area contributed by atoms with E-state index < -0.39 is 14.9 Å². The highest BCUT2D eigenvalue weighted by Crippen LogP contribution is 2.25. The minimum atomic E-state index is -3.69. The lowest BCUT2D eigenvalue weighted by Gasteiger charge is -2.31. The Morgan fingerprint density at radius 1 is 1.43 bits per heavy atom. The predicted molar refractivity (Wildman–Crippen MR) is 81.3 cm³/mol. The number of nitro benzene ring substituents is 1. The highest BCUT2D eigenvalue weighted by Gasteiger charge is 2.30. The molecule has 0 radical (unpaired) electrons. The first kappa shape index (κ1) is 17.8. The van der Waals surface area contributed by atoms with Gasteiger partial charge in [0.15, 0.2) is 0 Å². The van der Waals surface area contributed by atoms with Gasteiger partial charge in [0.05, 0.1) is 9.82 Å². The molecular weight excluding hydrogens is 318 g/mol. The van der Waals surface area contributed by atoms with Crippen molar-refractivity contribution >= 4 is 28.1 Å². The van der Waals surface area contributed by atoms with Crippen LogP contribution in [0.1, 0.15) is 12.5 Å². The summed E-state index contributed by atoms with van der Waals surface area (Å²) in [5.74, 6) is 0. The van der Waals surface area contributed by atoms with Crippen LogP contribution in [0.25, 0.3) is 0 Å². The fraction of sp³-hybridized carbons (Fsp3) is 0.500. The Morgan fingerprint density at radius 3 is 2.67 bits per heavy atom. The summed E-state index contributed by atoms with van der Waals surface area (Å²) in [6.45, 7) is 4.86. The van der Waals surface area contributed by atoms with Crippen molar-refractivity contribution in [1.82, 2.24) is 9.62 Å². The van der Waals surface area contributed by atoms with Gasteiger partial charge in [0.25, 0.3) is 5.69 Å². The topological polar surface area (TPSA) is 92.5 Å². The van der Waals surface area contributed by atoms with Gasteiger partial charge in [-0.25, -0.2) is 8.42 Å². The van der Waals surface area contributed by atoms with Crippen molar-refractivity contribution in [3.8, 4) is 0 Å². The van der Waals surface area contributed by atoms with Gasteiger partial charge in [-0.2, -0.15) is 4.31 Å². The Hall–Kier alpha value is -1.22. The molecule has 0 spiro atoms. The summed E-state index contributed by atoms with van der Waals surface area (Å²) in [5, 5.41) is 14.0. The Balaban J connectivity index is 0.00000220. The van der Waals surface area contributed by atoms with E-state index in [1.165, 1.54) is 16.4 Å². The van der Waals surface area contributed by atoms with Crippen LogP contribution in [0.4, 0.5) is 5.69 Å². The molecule has 1 saturated heterocycles. The van der Waals surface area contributed by atoms with Crippen LogP contribution in [-0.4, -0.2) is 43.3 Å². The van der Waals surface area contributed by atoms with Crippen molar-refractivity contribution in [3.63, 3.8) is 0 Å². The number of non-ortho nitro benzene ring substituents is 1. The van der Waals surface area contributed by atoms with E-state index >= 15 is 0 Å². The summed E-state index contributed by atoms with van der Waals surface area (Å²) in [6, 6.07) is 3.99. The molecule has 1 aliphatic rings. The highest BCUT2D eigenvalue weighted by molar-refractivity contribution is 7.89. The first-order valence-electron chi connectivity index (χ1n) is 6.31. The number of halogens is 1. The molecule has 1 aliphatic heterocycles. The van der Waals surface area contributed by atoms with Crippen LogP contribution in [0.2, 0.25) is 0 Å². The highest BCUT2D eigenvalue weighted by atomic mass is 35.5. The number of nitrogens with one attached hydrogen (secondary N) is 1. The lowest BCUT2D eigenvalue weighted by molar-refractivity contribution is -0.385. The average Bonchev–Trinajstić information content (AvgIpc) is 2.38. The Bertz CT molecular complexity index is 635. The third-order valence-electron chi connectivity index (χ3n) is 3.33. The van der Waals surface area contributed by atoms with Gasteiger partial charge in [0.2, 0.25) is 10.0 Å². The van der Waals surface area contributed by atoms with E-state index in [4.69, 9.17) is 0 Å². The van der Waals surface area contributed by atoms with Gasteiger partial charge >= 0.3 is 0 Å². The molecular formula is C12H18ClN3O4S. The van der Waals surface area contributed by atoms with Crippen molar-refractivity contribution in [2.24, 2.45) is 0 Å². The number of hydrogen-bond acceptors (Lipinski definition) is 5. The normalized spacial score (nSPS) is 19.8. The Kier molecular flexibility index (Phi) is 5.68. The number of sulfonamides is 1. The van der Waals surface area contributed by atoms with Crippen LogP contribution in [0.5, 0.6) is 0 Å². The van der Waals surface area contributed by atoms with Crippen molar-refractivity contribution < 1.29 is 13.3 Å². The summed E-state index contributed by atoms with van der Waals surface area (Å²) in [4.78, 5) is 10.2. The largest absolute Gasteiger partial charge is 0.312 e. The van der Waals surface area contributed by atoms with E-state index in [0.29, 0.717) is 25.2 Å². The molecule has 7 nitrogen and oxygen atoms in total. The standard InChI is InChI=1S/C12H17N3O4S.ClH/c1-9-3-4-11(15(16)17)7-12(9)20(18,19)14-6-5-13-10(2)8-14;/h3-4,7,10,13H,5-6,8H2,1-2H3;1H/t10-;/m1./s1. The molecule has 9 heteroatoms. The fourth-order valence-corrected chi connectivity index (χ4v) is 4.01. The van der Waals surface area contributed by atoms with Gasteiger partial charge in [-0.05, 0) is 19.4 Å². The molecule has 0 aromatic heterocycles. The number of rotatable bonds is 3. The minimum absolute atomic E-state index is 0. The first-order valence-corrected chi connectivity index (χ1v) is 7.75. The number of aryl methyl sites for hydroxylation is 1. The second-order valence-corrected chi connectivity index (χ2v) is 6.83. The van der Waals surface area contributed by atoms with Crippen LogP contribution >= 0.6 is 12.4 Å². The molecule has 21 heavy (non-hydrogen) atoms. The quantitative estimate of drug-likeness (QED) is 0.664. The van der Waals surface area contributed by atoms with Crippen molar-refractivity contribution in [2.75, 3.05) is 19.6 Å². The minimum Gasteiger partial charge on any atom is -0.312 e. The number of nitro groups is 1. The van der Waals surface area contributed by atoms with E-state index in [2.05, 4.69) is 5.32 Å². The molecule has 2 rings (SSSR count). The maximum Gasteiger partial charge on any atom is 0.270 e. The van der Waals surface area contributed by atoms with Gasteiger partial charge in [0, 0.05) is 37.8 Å². The first-order chi connectivity index (χ1) is 9.32. The van der Waals surface area contributed by atoms with Crippen LogP contribution in [-0.2, 0) is 10.0 Å². The SMILES string of the molecule is Cc1ccc([N+](=O)[O-])cc1S(=O)(=O)N1CCN[C@H](C)C1.Cl. The zero-order chi connectivity index (χ0) is 14.9. The lowest BCUT2D eigenvalue weighted by atomic mass is 10.2.